The van der Waals surface area contributed by atoms with Crippen molar-refractivity contribution in [1.29, 1.82) is 0 Å². The largest absolute Gasteiger partial charge is 0.362 e. The van der Waals surface area contributed by atoms with E-state index in [4.69, 9.17) is 12.2 Å². The van der Waals surface area contributed by atoms with Crippen LogP contribution >= 0.6 is 39.9 Å². The maximum Gasteiger partial charge on any atom is 0.170 e. The maximum absolute atomic E-state index is 13.5. The molecule has 0 aliphatic rings. The van der Waals surface area contributed by atoms with E-state index >= 15 is 0 Å². The van der Waals surface area contributed by atoms with Crippen molar-refractivity contribution >= 4 is 50.7 Å². The molecule has 2 N–H and O–H groups in total. The minimum atomic E-state index is -0.143. The first-order valence-corrected chi connectivity index (χ1v) is 9.54. The Morgan fingerprint density at radius 1 is 1.26 bits per heavy atom. The molecule has 122 valence electrons. The molecule has 2 aromatic carbocycles. The van der Waals surface area contributed by atoms with Crippen LogP contribution in [-0.4, -0.2) is 17.4 Å². The van der Waals surface area contributed by atoms with Crippen LogP contribution < -0.4 is 10.6 Å². The number of rotatable bonds is 6. The minimum absolute atomic E-state index is 0.143. The number of nitrogens with one attached hydrogen (secondary N) is 2. The van der Waals surface area contributed by atoms with Gasteiger partial charge in [-0.1, -0.05) is 34.1 Å². The van der Waals surface area contributed by atoms with E-state index in [9.17, 15) is 4.39 Å². The fourth-order valence-electron chi connectivity index (χ4n) is 1.93. The number of thioether (sulfide) groups is 1. The van der Waals surface area contributed by atoms with Crippen LogP contribution in [0.2, 0.25) is 0 Å². The van der Waals surface area contributed by atoms with Gasteiger partial charge in [-0.3, -0.25) is 0 Å². The van der Waals surface area contributed by atoms with Crippen LogP contribution in [0, 0.1) is 12.7 Å². The molecule has 0 aromatic heterocycles. The lowest BCUT2D eigenvalue weighted by atomic mass is 10.2. The van der Waals surface area contributed by atoms with Crippen molar-refractivity contribution in [3.63, 3.8) is 0 Å². The van der Waals surface area contributed by atoms with E-state index in [0.717, 1.165) is 33.6 Å². The van der Waals surface area contributed by atoms with Crippen LogP contribution in [0.25, 0.3) is 0 Å². The van der Waals surface area contributed by atoms with Gasteiger partial charge in [0.15, 0.2) is 5.11 Å². The molecule has 0 saturated heterocycles. The van der Waals surface area contributed by atoms with Crippen LogP contribution in [0.3, 0.4) is 0 Å². The highest BCUT2D eigenvalue weighted by Crippen LogP contribution is 2.20. The molecule has 0 fully saturated rings. The number of hydrogen-bond acceptors (Lipinski definition) is 2. The fraction of sp³-hybridized carbons (Fsp3) is 0.235. The Morgan fingerprint density at radius 2 is 2.04 bits per heavy atom. The number of halogens is 2. The summed E-state index contributed by atoms with van der Waals surface area (Å²) in [5, 5.41) is 6.91. The molecule has 0 spiro atoms. The molecular weight excluding hydrogens is 395 g/mol. The molecule has 2 nitrogen and oxygen atoms in total. The van der Waals surface area contributed by atoms with E-state index in [0.29, 0.717) is 10.9 Å². The van der Waals surface area contributed by atoms with Crippen molar-refractivity contribution < 1.29 is 4.39 Å². The molecule has 2 rings (SSSR count). The van der Waals surface area contributed by atoms with Gasteiger partial charge in [0.25, 0.3) is 0 Å². The summed E-state index contributed by atoms with van der Waals surface area (Å²) in [5.74, 6) is 1.38. The third-order valence-corrected chi connectivity index (χ3v) is 5.31. The van der Waals surface area contributed by atoms with Gasteiger partial charge in [-0.05, 0) is 54.5 Å². The van der Waals surface area contributed by atoms with E-state index in [1.165, 1.54) is 6.07 Å². The number of benzene rings is 2. The fourth-order valence-corrected chi connectivity index (χ4v) is 3.24. The van der Waals surface area contributed by atoms with E-state index in [1.807, 2.05) is 37.3 Å². The first-order valence-electron chi connectivity index (χ1n) is 7.18. The summed E-state index contributed by atoms with van der Waals surface area (Å²) in [6, 6.07) is 12.9. The highest BCUT2D eigenvalue weighted by molar-refractivity contribution is 9.10. The summed E-state index contributed by atoms with van der Waals surface area (Å²) in [5.41, 5.74) is 2.85. The summed E-state index contributed by atoms with van der Waals surface area (Å²) in [7, 11) is 0. The van der Waals surface area contributed by atoms with E-state index in [-0.39, 0.29) is 5.82 Å². The van der Waals surface area contributed by atoms with E-state index in [2.05, 4.69) is 26.6 Å². The summed E-state index contributed by atoms with van der Waals surface area (Å²) < 4.78 is 14.5. The maximum atomic E-state index is 13.5. The lowest BCUT2D eigenvalue weighted by Crippen LogP contribution is -2.30. The molecule has 0 amide bonds. The first kappa shape index (κ1) is 18.2. The number of aryl methyl sites for hydroxylation is 1. The third kappa shape index (κ3) is 6.12. The molecule has 0 atom stereocenters. The Balaban J connectivity index is 1.67. The quantitative estimate of drug-likeness (QED) is 0.507. The summed E-state index contributed by atoms with van der Waals surface area (Å²) >= 11 is 10.4. The van der Waals surface area contributed by atoms with Crippen LogP contribution in [0.5, 0.6) is 0 Å². The molecule has 23 heavy (non-hydrogen) atoms. The van der Waals surface area contributed by atoms with Gasteiger partial charge in [0.1, 0.15) is 5.82 Å². The van der Waals surface area contributed by atoms with Gasteiger partial charge in [0.05, 0.1) is 0 Å². The zero-order valence-corrected chi connectivity index (χ0v) is 16.0. The summed E-state index contributed by atoms with van der Waals surface area (Å²) in [4.78, 5) is 0. The highest BCUT2D eigenvalue weighted by Gasteiger charge is 2.02. The van der Waals surface area contributed by atoms with Crippen molar-refractivity contribution in [2.75, 3.05) is 17.6 Å². The summed E-state index contributed by atoms with van der Waals surface area (Å²) in [6.45, 7) is 2.77. The average Bonchev–Trinajstić information content (AvgIpc) is 2.52. The first-order chi connectivity index (χ1) is 11.1. The van der Waals surface area contributed by atoms with Gasteiger partial charge in [-0.25, -0.2) is 4.39 Å². The van der Waals surface area contributed by atoms with Crippen LogP contribution in [0.1, 0.15) is 11.1 Å². The lowest BCUT2D eigenvalue weighted by molar-refractivity contribution is 0.617. The number of anilines is 1. The van der Waals surface area contributed by atoms with Crippen molar-refractivity contribution in [2.24, 2.45) is 0 Å². The second-order valence-electron chi connectivity index (χ2n) is 4.99. The third-order valence-electron chi connectivity index (χ3n) is 3.16. The number of thiocarbonyl (C=S) groups is 1. The van der Waals surface area contributed by atoms with Crippen LogP contribution in [-0.2, 0) is 5.75 Å². The highest BCUT2D eigenvalue weighted by atomic mass is 79.9. The second-order valence-corrected chi connectivity index (χ2v) is 7.36. The molecule has 0 aliphatic carbocycles. The molecule has 0 unspecified atom stereocenters. The predicted molar refractivity (Wildman–Crippen MR) is 106 cm³/mol. The Morgan fingerprint density at radius 3 is 2.78 bits per heavy atom. The van der Waals surface area contributed by atoms with Crippen LogP contribution in [0.4, 0.5) is 10.1 Å². The zero-order chi connectivity index (χ0) is 16.7. The molecule has 2 aromatic rings. The smallest absolute Gasteiger partial charge is 0.170 e. The Labute approximate surface area is 154 Å². The topological polar surface area (TPSA) is 24.1 Å². The van der Waals surface area contributed by atoms with Gasteiger partial charge in [0.2, 0.25) is 0 Å². The Kier molecular flexibility index (Phi) is 7.33. The van der Waals surface area contributed by atoms with Crippen molar-refractivity contribution in [3.8, 4) is 0 Å². The average molecular weight is 413 g/mol. The van der Waals surface area contributed by atoms with Gasteiger partial charge in [-0.15, -0.1) is 0 Å². The Hall–Kier alpha value is -1.11. The standard InChI is InChI=1S/C17H18BrFN2S2/c1-12-10-14(6-7-15(12)18)21-17(22)20-8-9-23-11-13-4-2-3-5-16(13)19/h2-7,10H,8-9,11H2,1H3,(H2,20,21,22). The van der Waals surface area contributed by atoms with Crippen molar-refractivity contribution in [2.45, 2.75) is 12.7 Å². The van der Waals surface area contributed by atoms with Gasteiger partial charge in [-0.2, -0.15) is 11.8 Å². The molecule has 0 radical (unpaired) electrons. The molecule has 0 bridgehead atoms. The molecular formula is C17H18BrFN2S2. The monoisotopic (exact) mass is 412 g/mol. The lowest BCUT2D eigenvalue weighted by Gasteiger charge is -2.11. The molecule has 6 heteroatoms. The molecule has 0 aliphatic heterocycles. The van der Waals surface area contributed by atoms with Gasteiger partial charge < -0.3 is 10.6 Å². The zero-order valence-electron chi connectivity index (χ0n) is 12.7. The summed E-state index contributed by atoms with van der Waals surface area (Å²) in [6.07, 6.45) is 0. The predicted octanol–water partition coefficient (Wildman–Crippen LogP) is 5.12. The van der Waals surface area contributed by atoms with Crippen molar-refractivity contribution in [3.05, 3.63) is 63.9 Å². The van der Waals surface area contributed by atoms with Crippen LogP contribution in [0.15, 0.2) is 46.9 Å². The minimum Gasteiger partial charge on any atom is -0.362 e. The van der Waals surface area contributed by atoms with Gasteiger partial charge in [0, 0.05) is 28.2 Å². The Bertz CT molecular complexity index is 679. The second kappa shape index (κ2) is 9.25. The molecule has 0 heterocycles. The van der Waals surface area contributed by atoms with E-state index < -0.39 is 0 Å². The van der Waals surface area contributed by atoms with E-state index in [1.54, 1.807) is 17.8 Å². The normalized spacial score (nSPS) is 10.4. The number of hydrogen-bond donors (Lipinski definition) is 2. The van der Waals surface area contributed by atoms with Crippen molar-refractivity contribution in [1.82, 2.24) is 5.32 Å². The van der Waals surface area contributed by atoms with Gasteiger partial charge >= 0.3 is 0 Å². The SMILES string of the molecule is Cc1cc(NC(=S)NCCSCc2ccccc2F)ccc1Br. The molecule has 0 saturated carbocycles.